The molecule has 8 nitrogen and oxygen atoms in total. The number of rotatable bonds is 10. The lowest BCUT2D eigenvalue weighted by atomic mass is 9.47. The fraction of sp³-hybridized carbons (Fsp3) is 0.724. The number of ether oxygens (including phenoxy) is 2. The number of benzene rings is 1. The van der Waals surface area contributed by atoms with Crippen LogP contribution in [-0.2, 0) is 26.2 Å². The maximum absolute atomic E-state index is 12.7. The molecule has 1 saturated heterocycles. The molecule has 202 valence electrons. The Morgan fingerprint density at radius 1 is 1.27 bits per heavy atom. The Morgan fingerprint density at radius 3 is 2.78 bits per heavy atom. The van der Waals surface area contributed by atoms with E-state index in [1.165, 1.54) is 30.5 Å². The summed E-state index contributed by atoms with van der Waals surface area (Å²) in [5.74, 6) is 1.76. The van der Waals surface area contributed by atoms with E-state index in [-0.39, 0.29) is 40.6 Å². The minimum absolute atomic E-state index is 0.00408. The van der Waals surface area contributed by atoms with Crippen molar-refractivity contribution in [2.45, 2.75) is 88.4 Å². The number of nitrogens with zero attached hydrogens (tertiary/aromatic N) is 1. The zero-order valence-electron chi connectivity index (χ0n) is 22.1. The molecule has 2 heterocycles. The maximum Gasteiger partial charge on any atom is 0.220 e. The number of nitrogens with one attached hydrogen (secondary N) is 1. The van der Waals surface area contributed by atoms with Crippen LogP contribution in [0.15, 0.2) is 12.1 Å². The fourth-order valence-corrected chi connectivity index (χ4v) is 8.27. The van der Waals surface area contributed by atoms with Crippen LogP contribution in [0.3, 0.4) is 0 Å². The van der Waals surface area contributed by atoms with E-state index in [4.69, 9.17) is 15.2 Å². The first-order valence-corrected chi connectivity index (χ1v) is 14.1. The van der Waals surface area contributed by atoms with E-state index in [9.17, 15) is 14.7 Å². The summed E-state index contributed by atoms with van der Waals surface area (Å²) >= 11 is 0. The van der Waals surface area contributed by atoms with Crippen molar-refractivity contribution in [3.63, 3.8) is 0 Å². The summed E-state index contributed by atoms with van der Waals surface area (Å²) in [6.45, 7) is 4.97. The average molecular weight is 512 g/mol. The minimum Gasteiger partial charge on any atom is -0.504 e. The van der Waals surface area contributed by atoms with Crippen LogP contribution in [0.25, 0.3) is 0 Å². The van der Waals surface area contributed by atoms with Crippen molar-refractivity contribution in [1.82, 2.24) is 10.2 Å². The van der Waals surface area contributed by atoms with Gasteiger partial charge in [0.25, 0.3) is 0 Å². The largest absolute Gasteiger partial charge is 0.504 e. The Kier molecular flexibility index (Phi) is 6.18. The van der Waals surface area contributed by atoms with Gasteiger partial charge in [0.2, 0.25) is 11.8 Å². The van der Waals surface area contributed by atoms with Crippen LogP contribution >= 0.6 is 0 Å². The number of phenols is 1. The number of methoxy groups -OCH3 is 1. The predicted molar refractivity (Wildman–Crippen MR) is 138 cm³/mol. The molecule has 1 aromatic rings. The van der Waals surface area contributed by atoms with Gasteiger partial charge >= 0.3 is 0 Å². The quantitative estimate of drug-likeness (QED) is 0.416. The van der Waals surface area contributed by atoms with Crippen molar-refractivity contribution in [2.24, 2.45) is 23.0 Å². The van der Waals surface area contributed by atoms with Gasteiger partial charge in [-0.3, -0.25) is 14.5 Å². The van der Waals surface area contributed by atoms with Crippen molar-refractivity contribution < 1.29 is 24.2 Å². The third-order valence-corrected chi connectivity index (χ3v) is 10.1. The van der Waals surface area contributed by atoms with E-state index in [1.807, 2.05) is 0 Å². The normalized spacial score (nSPS) is 35.5. The van der Waals surface area contributed by atoms with Crippen molar-refractivity contribution in [1.29, 1.82) is 0 Å². The molecule has 0 aromatic heterocycles. The number of hydrogen-bond acceptors (Lipinski definition) is 6. The zero-order valence-corrected chi connectivity index (χ0v) is 22.1. The van der Waals surface area contributed by atoms with E-state index >= 15 is 0 Å². The minimum atomic E-state index is -0.326. The van der Waals surface area contributed by atoms with Gasteiger partial charge in [0.05, 0.1) is 0 Å². The van der Waals surface area contributed by atoms with Crippen molar-refractivity contribution in [3.05, 3.63) is 23.3 Å². The summed E-state index contributed by atoms with van der Waals surface area (Å²) in [5.41, 5.74) is 7.29. The molecule has 0 radical (unpaired) electrons. The molecule has 1 aromatic carbocycles. The summed E-state index contributed by atoms with van der Waals surface area (Å²) in [6, 6.07) is 4.34. The standard InChI is InChI=1S/C29H41N3O5/c1-28(16-31-23(35)6-4-3-5-22(30)34)14-19-20-13-18-9-10-21(33)25-24(18)29(19,27(37-25)26(28)36-2)11-12-32(20)15-17-7-8-17/h9-10,17,19-20,26-27,33H,3-8,11-16H2,1-2H3,(H2,30,34)(H,31,35)/t19?,20-,26?,27+,28+,29?/m1/s1. The second-order valence-electron chi connectivity index (χ2n) is 12.6. The molecule has 5 aliphatic rings. The number of phenolic OH excluding ortho intramolecular Hbond substituents is 1. The van der Waals surface area contributed by atoms with Crippen molar-refractivity contribution in [2.75, 3.05) is 26.7 Å². The molecule has 2 aliphatic heterocycles. The summed E-state index contributed by atoms with van der Waals surface area (Å²) in [7, 11) is 1.75. The molecule has 2 amide bonds. The van der Waals surface area contributed by atoms with Gasteiger partial charge in [0.15, 0.2) is 11.5 Å². The lowest BCUT2D eigenvalue weighted by Crippen LogP contribution is -2.71. The molecule has 4 N–H and O–H groups in total. The molecule has 2 bridgehead atoms. The van der Waals surface area contributed by atoms with Gasteiger partial charge in [-0.25, -0.2) is 0 Å². The van der Waals surface area contributed by atoms with Gasteiger partial charge in [-0.15, -0.1) is 0 Å². The first-order valence-electron chi connectivity index (χ1n) is 14.1. The third kappa shape index (κ3) is 4.02. The predicted octanol–water partition coefficient (Wildman–Crippen LogP) is 2.63. The second kappa shape index (κ2) is 9.16. The van der Waals surface area contributed by atoms with Crippen LogP contribution < -0.4 is 15.8 Å². The lowest BCUT2D eigenvalue weighted by Gasteiger charge is -2.63. The van der Waals surface area contributed by atoms with Crippen LogP contribution in [0.4, 0.5) is 0 Å². The van der Waals surface area contributed by atoms with Gasteiger partial charge in [-0.2, -0.15) is 0 Å². The number of hydrogen-bond donors (Lipinski definition) is 3. The summed E-state index contributed by atoms with van der Waals surface area (Å²) in [6.07, 6.45) is 7.18. The van der Waals surface area contributed by atoms with E-state index in [2.05, 4.69) is 23.2 Å². The summed E-state index contributed by atoms with van der Waals surface area (Å²) in [4.78, 5) is 26.4. The number of nitrogens with two attached hydrogens (primary N) is 1. The van der Waals surface area contributed by atoms with Gasteiger partial charge in [0.1, 0.15) is 12.2 Å². The van der Waals surface area contributed by atoms with Crippen molar-refractivity contribution in [3.8, 4) is 11.5 Å². The summed E-state index contributed by atoms with van der Waals surface area (Å²) < 4.78 is 12.9. The molecule has 3 aliphatic carbocycles. The van der Waals surface area contributed by atoms with E-state index in [0.29, 0.717) is 49.9 Å². The number of unbranched alkanes of at least 4 members (excludes halogenated alkanes) is 1. The highest BCUT2D eigenvalue weighted by molar-refractivity contribution is 5.76. The van der Waals surface area contributed by atoms with Gasteiger partial charge in [-0.1, -0.05) is 13.0 Å². The Labute approximate surface area is 219 Å². The topological polar surface area (TPSA) is 114 Å². The molecular weight excluding hydrogens is 470 g/mol. The summed E-state index contributed by atoms with van der Waals surface area (Å²) in [5, 5.41) is 14.0. The van der Waals surface area contributed by atoms with Gasteiger partial charge < -0.3 is 25.6 Å². The van der Waals surface area contributed by atoms with Crippen LogP contribution in [0.2, 0.25) is 0 Å². The SMILES string of the molecule is COC1[C@@H]2Oc3c(O)ccc4c3C23CCN(CC2CC2)[C@H](C4)C3C[C@@]1(C)CNC(=O)CCCCC(N)=O. The van der Waals surface area contributed by atoms with Crippen molar-refractivity contribution >= 4 is 11.8 Å². The molecule has 1 spiro atoms. The molecular formula is C29H41N3O5. The Morgan fingerprint density at radius 2 is 2.05 bits per heavy atom. The van der Waals surface area contributed by atoms with E-state index in [1.54, 1.807) is 13.2 Å². The smallest absolute Gasteiger partial charge is 0.220 e. The highest BCUT2D eigenvalue weighted by Crippen LogP contribution is 2.66. The Bertz CT molecular complexity index is 1090. The monoisotopic (exact) mass is 511 g/mol. The van der Waals surface area contributed by atoms with Crippen LogP contribution in [0.5, 0.6) is 11.5 Å². The fourth-order valence-electron chi connectivity index (χ4n) is 8.27. The maximum atomic E-state index is 12.7. The number of primary amides is 1. The van der Waals surface area contributed by atoms with Gasteiger partial charge in [0, 0.05) is 55.5 Å². The number of amides is 2. The number of carbonyl (C=O) groups excluding carboxylic acids is 2. The first-order chi connectivity index (χ1) is 17.8. The molecule has 3 fully saturated rings. The van der Waals surface area contributed by atoms with Gasteiger partial charge in [-0.05, 0) is 75.0 Å². The molecule has 2 saturated carbocycles. The molecule has 6 rings (SSSR count). The Hall–Kier alpha value is -2.32. The second-order valence-corrected chi connectivity index (χ2v) is 12.6. The Balaban J connectivity index is 1.28. The molecule has 3 unspecified atom stereocenters. The number of aromatic hydroxyl groups is 1. The number of piperidine rings is 1. The van der Waals surface area contributed by atoms with E-state index in [0.717, 1.165) is 31.7 Å². The zero-order chi connectivity index (χ0) is 25.9. The molecule has 8 heteroatoms. The highest BCUT2D eigenvalue weighted by atomic mass is 16.5. The average Bonchev–Trinajstić information content (AvgIpc) is 3.61. The van der Waals surface area contributed by atoms with Crippen LogP contribution in [0.1, 0.15) is 69.4 Å². The lowest BCUT2D eigenvalue weighted by molar-refractivity contribution is -0.172. The number of likely N-dealkylation sites (tertiary alicyclic amines) is 1. The number of carbonyl (C=O) groups is 2. The van der Waals surface area contributed by atoms with Crippen LogP contribution in [-0.4, -0.2) is 66.8 Å². The highest BCUT2D eigenvalue weighted by Gasteiger charge is 2.70. The third-order valence-electron chi connectivity index (χ3n) is 10.1. The molecule has 37 heavy (non-hydrogen) atoms. The first kappa shape index (κ1) is 25.0. The molecule has 6 atom stereocenters. The van der Waals surface area contributed by atoms with E-state index < -0.39 is 0 Å². The van der Waals surface area contributed by atoms with Crippen LogP contribution in [0, 0.1) is 17.3 Å².